The van der Waals surface area contributed by atoms with Gasteiger partial charge < -0.3 is 4.40 Å². The summed E-state index contributed by atoms with van der Waals surface area (Å²) in [7, 11) is 0. The SMILES string of the molecule is c1ccc2c3ccn4ccncc4c-3nc2c1. The summed E-state index contributed by atoms with van der Waals surface area (Å²) in [5, 5.41) is 1.20. The van der Waals surface area contributed by atoms with E-state index in [1.54, 1.807) is 6.20 Å². The molecular formula is C14H9N3. The predicted molar refractivity (Wildman–Crippen MR) is 67.1 cm³/mol. The molecule has 0 amide bonds. The molecule has 2 aliphatic heterocycles. The molecule has 3 heterocycles. The van der Waals surface area contributed by atoms with Gasteiger partial charge in [0.05, 0.1) is 22.9 Å². The van der Waals surface area contributed by atoms with Gasteiger partial charge in [-0.25, -0.2) is 4.98 Å². The van der Waals surface area contributed by atoms with Crippen molar-refractivity contribution < 1.29 is 0 Å². The number of nitrogens with zero attached hydrogens (tertiary/aromatic N) is 3. The van der Waals surface area contributed by atoms with Crippen LogP contribution in [0.15, 0.2) is 55.1 Å². The molecule has 0 saturated heterocycles. The predicted octanol–water partition coefficient (Wildman–Crippen LogP) is 2.99. The van der Waals surface area contributed by atoms with Crippen LogP contribution in [0.5, 0.6) is 0 Å². The normalized spacial score (nSPS) is 11.5. The molecule has 1 aromatic heterocycles. The molecule has 0 aliphatic carbocycles. The van der Waals surface area contributed by atoms with Crippen LogP contribution in [0.3, 0.4) is 0 Å². The maximum atomic E-state index is 4.68. The number of pyridine rings is 1. The maximum Gasteiger partial charge on any atom is 0.0972 e. The standard InChI is InChI=1S/C14H9N3/c1-2-4-12-10(3-1)11-5-7-17-8-6-15-9-13(17)14(11)16-12/h1-9H. The first-order chi connectivity index (χ1) is 8.43. The van der Waals surface area contributed by atoms with Gasteiger partial charge in [-0.05, 0) is 12.1 Å². The molecule has 0 spiro atoms. The van der Waals surface area contributed by atoms with Crippen LogP contribution in [-0.4, -0.2) is 14.4 Å². The van der Waals surface area contributed by atoms with Crippen molar-refractivity contribution in [3.05, 3.63) is 55.1 Å². The third-order valence-electron chi connectivity index (χ3n) is 3.11. The van der Waals surface area contributed by atoms with Crippen LogP contribution in [0.2, 0.25) is 0 Å². The molecule has 3 nitrogen and oxygen atoms in total. The van der Waals surface area contributed by atoms with Gasteiger partial charge in [0.15, 0.2) is 0 Å². The Morgan fingerprint density at radius 1 is 1.00 bits per heavy atom. The zero-order valence-electron chi connectivity index (χ0n) is 9.04. The lowest BCUT2D eigenvalue weighted by Crippen LogP contribution is -1.92. The molecule has 0 atom stereocenters. The van der Waals surface area contributed by atoms with E-state index >= 15 is 0 Å². The van der Waals surface area contributed by atoms with E-state index < -0.39 is 0 Å². The molecule has 1 aromatic carbocycles. The average Bonchev–Trinajstić information content (AvgIpc) is 2.78. The van der Waals surface area contributed by atoms with Crippen LogP contribution < -0.4 is 0 Å². The van der Waals surface area contributed by atoms with Crippen LogP contribution >= 0.6 is 0 Å². The molecule has 4 rings (SSSR count). The molecule has 0 unspecified atom stereocenters. The summed E-state index contributed by atoms with van der Waals surface area (Å²) in [6.07, 6.45) is 7.62. The van der Waals surface area contributed by atoms with Gasteiger partial charge in [-0.15, -0.1) is 0 Å². The number of aromatic nitrogens is 3. The maximum absolute atomic E-state index is 4.68. The van der Waals surface area contributed by atoms with Crippen LogP contribution in [-0.2, 0) is 0 Å². The highest BCUT2D eigenvalue weighted by Gasteiger charge is 2.13. The van der Waals surface area contributed by atoms with Crippen molar-refractivity contribution in [2.45, 2.75) is 0 Å². The van der Waals surface area contributed by atoms with Gasteiger partial charge in [0.1, 0.15) is 0 Å². The Balaban J connectivity index is 2.28. The van der Waals surface area contributed by atoms with Crippen LogP contribution in [0.25, 0.3) is 27.7 Å². The Labute approximate surface area is 97.7 Å². The number of fused-ring (bicyclic) bond motifs is 5. The van der Waals surface area contributed by atoms with Gasteiger partial charge in [0.25, 0.3) is 0 Å². The number of para-hydroxylation sites is 1. The smallest absolute Gasteiger partial charge is 0.0972 e. The summed E-state index contributed by atoms with van der Waals surface area (Å²) < 4.78 is 2.04. The van der Waals surface area contributed by atoms with E-state index in [4.69, 9.17) is 0 Å². The Morgan fingerprint density at radius 3 is 2.94 bits per heavy atom. The molecule has 3 heteroatoms. The second-order valence-electron chi connectivity index (χ2n) is 4.08. The van der Waals surface area contributed by atoms with Crippen molar-refractivity contribution in [2.24, 2.45) is 0 Å². The number of hydrogen-bond donors (Lipinski definition) is 0. The molecule has 0 saturated carbocycles. The van der Waals surface area contributed by atoms with Gasteiger partial charge in [-0.3, -0.25) is 4.98 Å². The Bertz CT molecular complexity index is 801. The van der Waals surface area contributed by atoms with Crippen molar-refractivity contribution >= 4 is 16.4 Å². The monoisotopic (exact) mass is 219 g/mol. The summed E-state index contributed by atoms with van der Waals surface area (Å²) >= 11 is 0. The Kier molecular flexibility index (Phi) is 1.56. The van der Waals surface area contributed by atoms with Crippen LogP contribution in [0.1, 0.15) is 0 Å². The zero-order chi connectivity index (χ0) is 11.2. The molecule has 0 N–H and O–H groups in total. The third-order valence-corrected chi connectivity index (χ3v) is 3.11. The fraction of sp³-hybridized carbons (Fsp3) is 0. The average molecular weight is 219 g/mol. The van der Waals surface area contributed by atoms with Gasteiger partial charge in [-0.2, -0.15) is 0 Å². The molecule has 0 fully saturated rings. The van der Waals surface area contributed by atoms with Crippen molar-refractivity contribution in [2.75, 3.05) is 0 Å². The lowest BCUT2D eigenvalue weighted by molar-refractivity contribution is 1.11. The summed E-state index contributed by atoms with van der Waals surface area (Å²) in [6.45, 7) is 0. The molecule has 80 valence electrons. The molecule has 0 bridgehead atoms. The first kappa shape index (κ1) is 8.70. The summed E-state index contributed by atoms with van der Waals surface area (Å²) in [4.78, 5) is 8.85. The highest BCUT2D eigenvalue weighted by atomic mass is 14.9. The van der Waals surface area contributed by atoms with E-state index in [0.717, 1.165) is 16.7 Å². The summed E-state index contributed by atoms with van der Waals surface area (Å²) in [5.41, 5.74) is 4.29. The van der Waals surface area contributed by atoms with Crippen LogP contribution in [0.4, 0.5) is 0 Å². The largest absolute Gasteiger partial charge is 0.319 e. The molecular weight excluding hydrogens is 210 g/mol. The van der Waals surface area contributed by atoms with E-state index in [0.29, 0.717) is 0 Å². The van der Waals surface area contributed by atoms with Crippen LogP contribution in [0, 0.1) is 0 Å². The second-order valence-corrected chi connectivity index (χ2v) is 4.08. The fourth-order valence-corrected chi connectivity index (χ4v) is 2.31. The number of rotatable bonds is 0. The van der Waals surface area contributed by atoms with E-state index in [1.807, 2.05) is 41.2 Å². The number of hydrogen-bond acceptors (Lipinski definition) is 2. The second kappa shape index (κ2) is 3.04. The highest BCUT2D eigenvalue weighted by Crippen LogP contribution is 2.33. The van der Waals surface area contributed by atoms with Crippen molar-refractivity contribution in [3.63, 3.8) is 0 Å². The fourth-order valence-electron chi connectivity index (χ4n) is 2.31. The summed E-state index contributed by atoms with van der Waals surface area (Å²) in [6, 6.07) is 10.3. The molecule has 2 aliphatic rings. The molecule has 2 aromatic rings. The van der Waals surface area contributed by atoms with Gasteiger partial charge >= 0.3 is 0 Å². The minimum atomic E-state index is 1.02. The van der Waals surface area contributed by atoms with E-state index in [9.17, 15) is 0 Å². The lowest BCUT2D eigenvalue weighted by atomic mass is 10.1. The van der Waals surface area contributed by atoms with Gasteiger partial charge in [0.2, 0.25) is 0 Å². The van der Waals surface area contributed by atoms with E-state index in [2.05, 4.69) is 22.1 Å². The topological polar surface area (TPSA) is 30.2 Å². The minimum absolute atomic E-state index is 1.02. The first-order valence-electron chi connectivity index (χ1n) is 5.52. The van der Waals surface area contributed by atoms with E-state index in [-0.39, 0.29) is 0 Å². The Hall–Kier alpha value is -2.42. The quantitative estimate of drug-likeness (QED) is 0.455. The van der Waals surface area contributed by atoms with Gasteiger partial charge in [-0.1, -0.05) is 18.2 Å². The highest BCUT2D eigenvalue weighted by molar-refractivity contribution is 6.01. The first-order valence-corrected chi connectivity index (χ1v) is 5.52. The Morgan fingerprint density at radius 2 is 1.94 bits per heavy atom. The number of benzene rings is 1. The molecule has 17 heavy (non-hydrogen) atoms. The zero-order valence-corrected chi connectivity index (χ0v) is 9.04. The summed E-state index contributed by atoms with van der Waals surface area (Å²) in [5.74, 6) is 0. The lowest BCUT2D eigenvalue weighted by Gasteiger charge is -2.04. The van der Waals surface area contributed by atoms with Gasteiger partial charge in [0, 0.05) is 29.5 Å². The minimum Gasteiger partial charge on any atom is -0.319 e. The van der Waals surface area contributed by atoms with E-state index in [1.165, 1.54) is 10.9 Å². The van der Waals surface area contributed by atoms with Crippen molar-refractivity contribution in [3.8, 4) is 11.3 Å². The van der Waals surface area contributed by atoms with Crippen molar-refractivity contribution in [1.82, 2.24) is 14.4 Å². The van der Waals surface area contributed by atoms with Crippen molar-refractivity contribution in [1.29, 1.82) is 0 Å². The third kappa shape index (κ3) is 1.11. The molecule has 0 radical (unpaired) electrons.